The molecule has 0 aliphatic carbocycles. The highest BCUT2D eigenvalue weighted by atomic mass is 16.4. The molecule has 15 heavy (non-hydrogen) atoms. The van der Waals surface area contributed by atoms with E-state index in [0.717, 1.165) is 0 Å². The Balaban J connectivity index is 0.000000262. The number of carboxylic acid groups (broad SMARTS) is 1. The number of carboxylic acids is 1. The molecule has 0 unspecified atom stereocenters. The molecule has 5 heteroatoms. The molecule has 1 atom stereocenters. The third-order valence-corrected chi connectivity index (χ3v) is 1.61. The first-order valence-corrected chi connectivity index (χ1v) is 4.47. The Kier molecular flexibility index (Phi) is 6.05. The zero-order chi connectivity index (χ0) is 11.8. The second kappa shape index (κ2) is 6.78. The van der Waals surface area contributed by atoms with Crippen LogP contribution in [-0.2, 0) is 4.79 Å². The van der Waals surface area contributed by atoms with E-state index in [4.69, 9.17) is 10.8 Å². The summed E-state index contributed by atoms with van der Waals surface area (Å²) in [5.41, 5.74) is 4.86. The van der Waals surface area contributed by atoms with E-state index in [9.17, 15) is 9.59 Å². The molecule has 5 nitrogen and oxygen atoms in total. The second-order valence-electron chi connectivity index (χ2n) is 3.23. The largest absolute Gasteiger partial charge is 0.480 e. The second-order valence-corrected chi connectivity index (χ2v) is 3.23. The Labute approximate surface area is 87.5 Å². The predicted molar refractivity (Wildman–Crippen MR) is 55.4 cm³/mol. The maximum absolute atomic E-state index is 10.1. The summed E-state index contributed by atoms with van der Waals surface area (Å²) in [7, 11) is 0. The Morgan fingerprint density at radius 1 is 1.47 bits per heavy atom. The summed E-state index contributed by atoms with van der Waals surface area (Å²) in [6.07, 6.45) is 1.35. The molecule has 84 valence electrons. The minimum absolute atomic E-state index is 0.0208. The molecule has 0 bridgehead atoms. The van der Waals surface area contributed by atoms with Gasteiger partial charge >= 0.3 is 11.6 Å². The van der Waals surface area contributed by atoms with Crippen LogP contribution in [0.2, 0.25) is 0 Å². The molecule has 0 fully saturated rings. The van der Waals surface area contributed by atoms with Crippen molar-refractivity contribution in [2.75, 3.05) is 0 Å². The summed E-state index contributed by atoms with van der Waals surface area (Å²) in [6.45, 7) is 3.55. The van der Waals surface area contributed by atoms with Crippen molar-refractivity contribution in [1.82, 2.24) is 0 Å². The third kappa shape index (κ3) is 6.45. The van der Waals surface area contributed by atoms with Crippen LogP contribution in [0.15, 0.2) is 33.7 Å². The third-order valence-electron chi connectivity index (χ3n) is 1.61. The topological polar surface area (TPSA) is 93.5 Å². The van der Waals surface area contributed by atoms with Crippen LogP contribution in [0.3, 0.4) is 0 Å². The van der Waals surface area contributed by atoms with Gasteiger partial charge in [0.05, 0.1) is 6.26 Å². The van der Waals surface area contributed by atoms with Crippen molar-refractivity contribution < 1.29 is 14.3 Å². The smallest absolute Gasteiger partial charge is 0.335 e. The molecule has 1 rings (SSSR count). The van der Waals surface area contributed by atoms with Crippen LogP contribution >= 0.6 is 0 Å². The molecule has 3 N–H and O–H groups in total. The zero-order valence-corrected chi connectivity index (χ0v) is 8.71. The molecule has 0 aliphatic rings. The Morgan fingerprint density at radius 2 is 2.07 bits per heavy atom. The molecule has 1 aromatic rings. The summed E-state index contributed by atoms with van der Waals surface area (Å²) in [6, 6.07) is 3.93. The van der Waals surface area contributed by atoms with E-state index < -0.39 is 12.0 Å². The van der Waals surface area contributed by atoms with Gasteiger partial charge in [0.1, 0.15) is 6.04 Å². The van der Waals surface area contributed by atoms with Crippen molar-refractivity contribution in [3.8, 4) is 0 Å². The van der Waals surface area contributed by atoms with Crippen LogP contribution in [0.1, 0.15) is 13.8 Å². The predicted octanol–water partition coefficient (Wildman–Crippen LogP) is 0.694. The van der Waals surface area contributed by atoms with Gasteiger partial charge in [-0.3, -0.25) is 4.79 Å². The number of rotatable bonds is 2. The highest BCUT2D eigenvalue weighted by molar-refractivity contribution is 5.73. The van der Waals surface area contributed by atoms with E-state index in [2.05, 4.69) is 4.42 Å². The minimum atomic E-state index is -0.931. The van der Waals surface area contributed by atoms with Gasteiger partial charge in [0, 0.05) is 6.07 Å². The first-order chi connectivity index (χ1) is 6.95. The van der Waals surface area contributed by atoms with Crippen molar-refractivity contribution in [1.29, 1.82) is 0 Å². The molecular weight excluding hydrogens is 198 g/mol. The van der Waals surface area contributed by atoms with E-state index in [0.29, 0.717) is 0 Å². The van der Waals surface area contributed by atoms with Gasteiger partial charge in [0.2, 0.25) is 0 Å². The molecule has 0 aromatic carbocycles. The standard InChI is InChI=1S/C5H11NO2.C5H4O2/c1-3(2)4(6)5(7)8;6-5-3-1-2-4-7-5/h3-4H,6H2,1-2H3,(H,7,8);1-4H/t4-;/m0./s1. The highest BCUT2D eigenvalue weighted by Gasteiger charge is 2.14. The molecule has 0 saturated heterocycles. The fourth-order valence-electron chi connectivity index (χ4n) is 0.610. The fraction of sp³-hybridized carbons (Fsp3) is 0.400. The zero-order valence-electron chi connectivity index (χ0n) is 8.71. The average molecular weight is 213 g/mol. The molecular formula is C10H15NO4. The van der Waals surface area contributed by atoms with Gasteiger partial charge in [0.15, 0.2) is 0 Å². The lowest BCUT2D eigenvalue weighted by Gasteiger charge is -2.07. The molecule has 0 aliphatic heterocycles. The molecule has 1 heterocycles. The van der Waals surface area contributed by atoms with Crippen LogP contribution in [0.25, 0.3) is 0 Å². The summed E-state index contributed by atoms with van der Waals surface area (Å²) in [5.74, 6) is -0.910. The van der Waals surface area contributed by atoms with Crippen LogP contribution in [0.4, 0.5) is 0 Å². The van der Waals surface area contributed by atoms with E-state index >= 15 is 0 Å². The van der Waals surface area contributed by atoms with Crippen molar-refractivity contribution in [2.24, 2.45) is 11.7 Å². The van der Waals surface area contributed by atoms with E-state index in [1.165, 1.54) is 12.3 Å². The molecule has 1 aromatic heterocycles. The average Bonchev–Trinajstić information content (AvgIpc) is 2.18. The molecule has 0 amide bonds. The number of aliphatic carboxylic acids is 1. The summed E-state index contributed by atoms with van der Waals surface area (Å²) in [5, 5.41) is 8.23. The van der Waals surface area contributed by atoms with Gasteiger partial charge in [-0.1, -0.05) is 19.9 Å². The summed E-state index contributed by atoms with van der Waals surface area (Å²) >= 11 is 0. The van der Waals surface area contributed by atoms with Crippen molar-refractivity contribution in [3.05, 3.63) is 34.9 Å². The monoisotopic (exact) mass is 213 g/mol. The van der Waals surface area contributed by atoms with Crippen molar-refractivity contribution >= 4 is 5.97 Å². The van der Waals surface area contributed by atoms with Gasteiger partial charge in [-0.15, -0.1) is 0 Å². The normalized spacial score (nSPS) is 11.5. The lowest BCUT2D eigenvalue weighted by atomic mass is 10.1. The van der Waals surface area contributed by atoms with Gasteiger partial charge in [-0.2, -0.15) is 0 Å². The SMILES string of the molecule is CC(C)[C@H](N)C(=O)O.O=c1cccco1. The van der Waals surface area contributed by atoms with E-state index in [1.807, 2.05) is 0 Å². The number of hydrogen-bond donors (Lipinski definition) is 2. The first-order valence-electron chi connectivity index (χ1n) is 4.47. The first kappa shape index (κ1) is 13.4. The lowest BCUT2D eigenvalue weighted by molar-refractivity contribution is -0.139. The van der Waals surface area contributed by atoms with Crippen LogP contribution < -0.4 is 11.4 Å². The van der Waals surface area contributed by atoms with Gasteiger partial charge < -0.3 is 15.3 Å². The molecule has 0 saturated carbocycles. The van der Waals surface area contributed by atoms with Gasteiger partial charge in [-0.25, -0.2) is 4.79 Å². The minimum Gasteiger partial charge on any atom is -0.480 e. The number of hydrogen-bond acceptors (Lipinski definition) is 4. The van der Waals surface area contributed by atoms with E-state index in [1.54, 1.807) is 26.0 Å². The molecule has 0 spiro atoms. The lowest BCUT2D eigenvalue weighted by Crippen LogP contribution is -2.34. The Morgan fingerprint density at radius 3 is 2.20 bits per heavy atom. The van der Waals surface area contributed by atoms with Crippen molar-refractivity contribution in [3.63, 3.8) is 0 Å². The van der Waals surface area contributed by atoms with Crippen molar-refractivity contribution in [2.45, 2.75) is 19.9 Å². The van der Waals surface area contributed by atoms with Crippen LogP contribution in [0, 0.1) is 5.92 Å². The van der Waals surface area contributed by atoms with Crippen LogP contribution in [-0.4, -0.2) is 17.1 Å². The Hall–Kier alpha value is -1.62. The van der Waals surface area contributed by atoms with Gasteiger partial charge in [-0.05, 0) is 12.0 Å². The molecule has 0 radical (unpaired) electrons. The Bertz CT molecular complexity index is 328. The fourth-order valence-corrected chi connectivity index (χ4v) is 0.610. The summed E-state index contributed by atoms with van der Waals surface area (Å²) < 4.78 is 4.37. The number of carbonyl (C=O) groups is 1. The van der Waals surface area contributed by atoms with E-state index in [-0.39, 0.29) is 11.5 Å². The van der Waals surface area contributed by atoms with Crippen LogP contribution in [0.5, 0.6) is 0 Å². The maximum Gasteiger partial charge on any atom is 0.335 e. The highest BCUT2D eigenvalue weighted by Crippen LogP contribution is 1.96. The van der Waals surface area contributed by atoms with Gasteiger partial charge in [0.25, 0.3) is 0 Å². The quantitative estimate of drug-likeness (QED) is 0.754. The maximum atomic E-state index is 10.1. The number of nitrogens with two attached hydrogens (primary N) is 1. The summed E-state index contributed by atoms with van der Waals surface area (Å²) in [4.78, 5) is 20.1.